The molecule has 0 aliphatic carbocycles. The Morgan fingerprint density at radius 1 is 1.11 bits per heavy atom. The Labute approximate surface area is 114 Å². The van der Waals surface area contributed by atoms with E-state index in [9.17, 15) is 5.11 Å². The van der Waals surface area contributed by atoms with Crippen LogP contribution in [0.4, 0.5) is 0 Å². The third-order valence-corrected chi connectivity index (χ3v) is 3.41. The summed E-state index contributed by atoms with van der Waals surface area (Å²) in [6.45, 7) is 6.47. The lowest BCUT2D eigenvalue weighted by molar-refractivity contribution is 0.453. The third kappa shape index (κ3) is 3.37. The number of benzene rings is 1. The zero-order chi connectivity index (χ0) is 13.8. The highest BCUT2D eigenvalue weighted by Crippen LogP contribution is 2.29. The predicted molar refractivity (Wildman–Crippen MR) is 77.4 cm³/mol. The lowest BCUT2D eigenvalue weighted by Crippen LogP contribution is -2.02. The van der Waals surface area contributed by atoms with Gasteiger partial charge in [-0.3, -0.25) is 5.10 Å². The molecule has 1 atom stereocenters. The molecule has 3 nitrogen and oxygen atoms in total. The molecule has 19 heavy (non-hydrogen) atoms. The number of para-hydroxylation sites is 1. The van der Waals surface area contributed by atoms with Gasteiger partial charge in [-0.25, -0.2) is 0 Å². The van der Waals surface area contributed by atoms with E-state index in [2.05, 4.69) is 31.0 Å². The van der Waals surface area contributed by atoms with Crippen molar-refractivity contribution in [3.8, 4) is 5.75 Å². The maximum atomic E-state index is 10.4. The maximum Gasteiger partial charge on any atom is 0.121 e. The SMILES string of the molecule is CC(C)Cc1cccc(CC(C)c2ccn[nH]2)c1O. The van der Waals surface area contributed by atoms with Crippen LogP contribution >= 0.6 is 0 Å². The fourth-order valence-corrected chi connectivity index (χ4v) is 2.39. The van der Waals surface area contributed by atoms with Crippen molar-refractivity contribution in [3.05, 3.63) is 47.3 Å². The van der Waals surface area contributed by atoms with Gasteiger partial charge in [-0.15, -0.1) is 0 Å². The Morgan fingerprint density at radius 3 is 2.37 bits per heavy atom. The molecule has 2 rings (SSSR count). The molecule has 0 aliphatic rings. The molecule has 1 aromatic carbocycles. The van der Waals surface area contributed by atoms with Gasteiger partial charge in [0.25, 0.3) is 0 Å². The van der Waals surface area contributed by atoms with Crippen LogP contribution in [0, 0.1) is 5.92 Å². The number of nitrogens with one attached hydrogen (secondary N) is 1. The first kappa shape index (κ1) is 13.7. The molecule has 0 aliphatic heterocycles. The molecule has 0 amide bonds. The van der Waals surface area contributed by atoms with Gasteiger partial charge in [0.1, 0.15) is 5.75 Å². The number of aromatic amines is 1. The second-order valence-corrected chi connectivity index (χ2v) is 5.64. The summed E-state index contributed by atoms with van der Waals surface area (Å²) >= 11 is 0. The normalized spacial score (nSPS) is 12.8. The molecule has 1 unspecified atom stereocenters. The van der Waals surface area contributed by atoms with E-state index in [0.29, 0.717) is 17.6 Å². The Bertz CT molecular complexity index is 518. The second-order valence-electron chi connectivity index (χ2n) is 5.64. The zero-order valence-corrected chi connectivity index (χ0v) is 11.9. The Hall–Kier alpha value is -1.77. The second kappa shape index (κ2) is 5.91. The number of rotatable bonds is 5. The van der Waals surface area contributed by atoms with E-state index in [1.165, 1.54) is 0 Å². The van der Waals surface area contributed by atoms with Gasteiger partial charge < -0.3 is 5.11 Å². The van der Waals surface area contributed by atoms with E-state index in [-0.39, 0.29) is 0 Å². The fraction of sp³-hybridized carbons (Fsp3) is 0.438. The average molecular weight is 258 g/mol. The summed E-state index contributed by atoms with van der Waals surface area (Å²) in [4.78, 5) is 0. The molecule has 2 N–H and O–H groups in total. The van der Waals surface area contributed by atoms with Crippen molar-refractivity contribution in [1.29, 1.82) is 0 Å². The molecule has 0 saturated carbocycles. The van der Waals surface area contributed by atoms with Gasteiger partial charge >= 0.3 is 0 Å². The summed E-state index contributed by atoms with van der Waals surface area (Å²) in [5, 5.41) is 17.3. The molecular formula is C16H22N2O. The van der Waals surface area contributed by atoms with Crippen molar-refractivity contribution in [2.75, 3.05) is 0 Å². The highest BCUT2D eigenvalue weighted by molar-refractivity contribution is 5.41. The van der Waals surface area contributed by atoms with Gasteiger partial charge in [0.15, 0.2) is 0 Å². The van der Waals surface area contributed by atoms with Gasteiger partial charge in [0.05, 0.1) is 0 Å². The number of H-pyrrole nitrogens is 1. The third-order valence-electron chi connectivity index (χ3n) is 3.41. The van der Waals surface area contributed by atoms with Gasteiger partial charge in [0.2, 0.25) is 0 Å². The summed E-state index contributed by atoms with van der Waals surface area (Å²) < 4.78 is 0. The minimum atomic E-state index is 0.322. The van der Waals surface area contributed by atoms with E-state index in [1.54, 1.807) is 6.20 Å². The van der Waals surface area contributed by atoms with E-state index in [4.69, 9.17) is 0 Å². The van der Waals surface area contributed by atoms with Gasteiger partial charge in [0, 0.05) is 17.8 Å². The van der Waals surface area contributed by atoms with E-state index >= 15 is 0 Å². The molecule has 0 saturated heterocycles. The van der Waals surface area contributed by atoms with Crippen LogP contribution in [0.1, 0.15) is 43.5 Å². The van der Waals surface area contributed by atoms with Crippen molar-refractivity contribution in [1.82, 2.24) is 10.2 Å². The predicted octanol–water partition coefficient (Wildman–Crippen LogP) is 3.66. The lowest BCUT2D eigenvalue weighted by atomic mass is 9.93. The van der Waals surface area contributed by atoms with Crippen LogP contribution in [0.3, 0.4) is 0 Å². The first-order valence-electron chi connectivity index (χ1n) is 6.87. The maximum absolute atomic E-state index is 10.4. The van der Waals surface area contributed by atoms with Crippen LogP contribution in [0.15, 0.2) is 30.5 Å². The molecule has 1 aromatic heterocycles. The van der Waals surface area contributed by atoms with Crippen molar-refractivity contribution < 1.29 is 5.11 Å². The van der Waals surface area contributed by atoms with Crippen LogP contribution in [0.5, 0.6) is 5.75 Å². The molecule has 2 aromatic rings. The first-order chi connectivity index (χ1) is 9.08. The van der Waals surface area contributed by atoms with Crippen LogP contribution < -0.4 is 0 Å². The zero-order valence-electron chi connectivity index (χ0n) is 11.9. The summed E-state index contributed by atoms with van der Waals surface area (Å²) in [7, 11) is 0. The summed E-state index contributed by atoms with van der Waals surface area (Å²) in [6, 6.07) is 8.04. The van der Waals surface area contributed by atoms with Crippen LogP contribution in [0.25, 0.3) is 0 Å². The Kier molecular flexibility index (Phi) is 4.25. The van der Waals surface area contributed by atoms with E-state index in [0.717, 1.165) is 29.7 Å². The average Bonchev–Trinajstić information content (AvgIpc) is 2.87. The Morgan fingerprint density at radius 2 is 1.79 bits per heavy atom. The minimum Gasteiger partial charge on any atom is -0.507 e. The lowest BCUT2D eigenvalue weighted by Gasteiger charge is -2.14. The summed E-state index contributed by atoms with van der Waals surface area (Å²) in [5.41, 5.74) is 3.17. The smallest absolute Gasteiger partial charge is 0.121 e. The molecule has 0 fully saturated rings. The largest absolute Gasteiger partial charge is 0.507 e. The van der Waals surface area contributed by atoms with Crippen molar-refractivity contribution in [3.63, 3.8) is 0 Å². The van der Waals surface area contributed by atoms with Gasteiger partial charge in [-0.1, -0.05) is 39.0 Å². The fourth-order valence-electron chi connectivity index (χ4n) is 2.39. The number of aromatic nitrogens is 2. The standard InChI is InChI=1S/C16H22N2O/c1-11(2)9-13-5-4-6-14(16(13)19)10-12(3)15-7-8-17-18-15/h4-8,11-12,19H,9-10H2,1-3H3,(H,17,18). The van der Waals surface area contributed by atoms with Crippen LogP contribution in [0.2, 0.25) is 0 Å². The first-order valence-corrected chi connectivity index (χ1v) is 6.87. The summed E-state index contributed by atoms with van der Waals surface area (Å²) in [6.07, 6.45) is 3.50. The van der Waals surface area contributed by atoms with Crippen LogP contribution in [-0.4, -0.2) is 15.3 Å². The molecule has 0 radical (unpaired) electrons. The number of hydrogen-bond acceptors (Lipinski definition) is 2. The molecule has 3 heteroatoms. The monoisotopic (exact) mass is 258 g/mol. The highest BCUT2D eigenvalue weighted by atomic mass is 16.3. The molecule has 0 bridgehead atoms. The molecule has 1 heterocycles. The molecule has 102 valence electrons. The highest BCUT2D eigenvalue weighted by Gasteiger charge is 2.13. The minimum absolute atomic E-state index is 0.322. The van der Waals surface area contributed by atoms with Crippen LogP contribution in [-0.2, 0) is 12.8 Å². The molecule has 0 spiro atoms. The number of aromatic hydroxyl groups is 1. The van der Waals surface area contributed by atoms with E-state index < -0.39 is 0 Å². The van der Waals surface area contributed by atoms with E-state index in [1.807, 2.05) is 24.3 Å². The number of phenolic OH excluding ortho intramolecular Hbond substituents is 1. The topological polar surface area (TPSA) is 48.9 Å². The Balaban J connectivity index is 2.16. The number of hydrogen-bond donors (Lipinski definition) is 2. The van der Waals surface area contributed by atoms with Gasteiger partial charge in [-0.2, -0.15) is 5.10 Å². The van der Waals surface area contributed by atoms with Crippen molar-refractivity contribution in [2.45, 2.75) is 39.5 Å². The van der Waals surface area contributed by atoms with Gasteiger partial charge in [-0.05, 0) is 36.0 Å². The quantitative estimate of drug-likeness (QED) is 0.859. The van der Waals surface area contributed by atoms with Crippen molar-refractivity contribution in [2.24, 2.45) is 5.92 Å². The number of nitrogens with zero attached hydrogens (tertiary/aromatic N) is 1. The number of phenols is 1. The summed E-state index contributed by atoms with van der Waals surface area (Å²) in [5.74, 6) is 1.33. The molecular weight excluding hydrogens is 236 g/mol. The van der Waals surface area contributed by atoms with Crippen molar-refractivity contribution >= 4 is 0 Å².